The molecule has 5 heteroatoms. The smallest absolute Gasteiger partial charge is 0.307 e. The molecule has 0 N–H and O–H groups in total. The van der Waals surface area contributed by atoms with Crippen LogP contribution in [0.2, 0.25) is 18.1 Å². The molecule has 0 aromatic rings. The molecule has 1 saturated heterocycles. The number of methoxy groups -OCH3 is 1. The largest absolute Gasteiger partial charge is 0.469 e. The highest BCUT2D eigenvalue weighted by atomic mass is 28.4. The highest BCUT2D eigenvalue weighted by Crippen LogP contribution is 2.39. The van der Waals surface area contributed by atoms with Crippen LogP contribution in [0.1, 0.15) is 40.5 Å². The van der Waals surface area contributed by atoms with Gasteiger partial charge < -0.3 is 9.26 Å². The first-order valence-corrected chi connectivity index (χ1v) is 10.0. The average Bonchev–Trinajstić information content (AvgIpc) is 2.59. The number of carbonyl (C=O) groups excluding carboxylic acids is 1. The maximum atomic E-state index is 11.5. The Morgan fingerprint density at radius 2 is 1.95 bits per heavy atom. The summed E-state index contributed by atoms with van der Waals surface area (Å²) in [5.41, 5.74) is 0. The van der Waals surface area contributed by atoms with Gasteiger partial charge in [-0.2, -0.15) is 5.06 Å². The molecule has 0 aliphatic carbocycles. The van der Waals surface area contributed by atoms with Crippen molar-refractivity contribution in [3.63, 3.8) is 0 Å². The molecule has 1 heterocycles. The summed E-state index contributed by atoms with van der Waals surface area (Å²) in [6.07, 6.45) is 1.50. The molecule has 0 amide bonds. The summed E-state index contributed by atoms with van der Waals surface area (Å²) in [7, 11) is -0.383. The fourth-order valence-electron chi connectivity index (χ4n) is 2.07. The van der Waals surface area contributed by atoms with Crippen molar-refractivity contribution in [1.29, 1.82) is 0 Å². The van der Waals surface area contributed by atoms with Crippen molar-refractivity contribution in [2.45, 2.75) is 64.7 Å². The molecule has 0 aromatic carbocycles. The van der Waals surface area contributed by atoms with Crippen molar-refractivity contribution in [3.05, 3.63) is 0 Å². The number of esters is 1. The minimum atomic E-state index is -1.83. The first-order chi connectivity index (χ1) is 8.58. The molecule has 0 saturated carbocycles. The average molecular weight is 287 g/mol. The van der Waals surface area contributed by atoms with E-state index in [1.807, 2.05) is 0 Å². The van der Waals surface area contributed by atoms with E-state index in [0.717, 1.165) is 13.0 Å². The van der Waals surface area contributed by atoms with Gasteiger partial charge in [-0.3, -0.25) is 4.79 Å². The number of nitrogens with zero attached hydrogens (tertiary/aromatic N) is 1. The van der Waals surface area contributed by atoms with Crippen LogP contribution in [0.25, 0.3) is 0 Å². The minimum absolute atomic E-state index is 0.150. The van der Waals surface area contributed by atoms with E-state index in [0.29, 0.717) is 12.3 Å². The Labute approximate surface area is 118 Å². The lowest BCUT2D eigenvalue weighted by molar-refractivity contribution is -0.148. The van der Waals surface area contributed by atoms with Gasteiger partial charge in [-0.05, 0) is 30.5 Å². The van der Waals surface area contributed by atoms with Crippen molar-refractivity contribution >= 4 is 14.3 Å². The molecule has 0 spiro atoms. The van der Waals surface area contributed by atoms with Gasteiger partial charge in [0.05, 0.1) is 13.5 Å². The van der Waals surface area contributed by atoms with Crippen LogP contribution in [0.4, 0.5) is 0 Å². The van der Waals surface area contributed by atoms with Crippen molar-refractivity contribution in [2.24, 2.45) is 5.92 Å². The first kappa shape index (κ1) is 16.7. The first-order valence-electron chi connectivity index (χ1n) is 7.11. The Balaban J connectivity index is 2.74. The van der Waals surface area contributed by atoms with Crippen LogP contribution in [-0.2, 0) is 14.1 Å². The van der Waals surface area contributed by atoms with E-state index in [4.69, 9.17) is 9.26 Å². The maximum Gasteiger partial charge on any atom is 0.307 e. The Kier molecular flexibility index (Phi) is 5.20. The molecule has 0 aromatic heterocycles. The molecule has 0 radical (unpaired) electrons. The van der Waals surface area contributed by atoms with Crippen LogP contribution in [0.5, 0.6) is 0 Å². The van der Waals surface area contributed by atoms with E-state index in [1.165, 1.54) is 7.11 Å². The van der Waals surface area contributed by atoms with Crippen LogP contribution in [0.15, 0.2) is 0 Å². The summed E-state index contributed by atoms with van der Waals surface area (Å²) in [5, 5.41) is 2.23. The number of ether oxygens (including phenoxy) is 1. The second-order valence-electron chi connectivity index (χ2n) is 7.11. The molecule has 19 heavy (non-hydrogen) atoms. The van der Waals surface area contributed by atoms with Crippen LogP contribution in [0, 0.1) is 5.92 Å². The molecule has 1 fully saturated rings. The molecule has 4 nitrogen and oxygen atoms in total. The number of hydrogen-bond acceptors (Lipinski definition) is 4. The van der Waals surface area contributed by atoms with Gasteiger partial charge in [-0.15, -0.1) is 0 Å². The lowest BCUT2D eigenvalue weighted by atomic mass is 10.0. The second-order valence-corrected chi connectivity index (χ2v) is 11.8. The third-order valence-corrected chi connectivity index (χ3v) is 8.89. The Morgan fingerprint density at radius 3 is 2.42 bits per heavy atom. The monoisotopic (exact) mass is 287 g/mol. The van der Waals surface area contributed by atoms with Gasteiger partial charge in [0.25, 0.3) is 0 Å². The molecular formula is C14H29NO3Si. The third-order valence-electron chi connectivity index (χ3n) is 4.59. The van der Waals surface area contributed by atoms with Gasteiger partial charge in [-0.1, -0.05) is 27.7 Å². The molecular weight excluding hydrogens is 258 g/mol. The molecule has 2 atom stereocenters. The van der Waals surface area contributed by atoms with E-state index in [9.17, 15) is 4.79 Å². The van der Waals surface area contributed by atoms with Crippen molar-refractivity contribution in [2.75, 3.05) is 13.7 Å². The summed E-state index contributed by atoms with van der Waals surface area (Å²) in [6, 6.07) is 0.154. The lowest BCUT2D eigenvalue weighted by Gasteiger charge is -2.40. The van der Waals surface area contributed by atoms with Gasteiger partial charge >= 0.3 is 5.97 Å². The summed E-state index contributed by atoms with van der Waals surface area (Å²) in [6.45, 7) is 14.3. The van der Waals surface area contributed by atoms with Crippen LogP contribution in [0.3, 0.4) is 0 Å². The molecule has 112 valence electrons. The molecule has 1 aliphatic heterocycles. The normalized spacial score (nSPS) is 25.6. The highest BCUT2D eigenvalue weighted by Gasteiger charge is 2.43. The Hall–Kier alpha value is -0.393. The number of hydrogen-bond donors (Lipinski definition) is 0. The zero-order valence-electron chi connectivity index (χ0n) is 13.4. The van der Waals surface area contributed by atoms with Gasteiger partial charge in [0, 0.05) is 12.6 Å². The number of rotatable bonds is 4. The van der Waals surface area contributed by atoms with E-state index >= 15 is 0 Å². The SMILES string of the molecule is COC(=O)C[C@@H]1[C@@H](C)CCN1O[Si](C)(C)C(C)(C)C. The number of carbonyl (C=O) groups is 1. The zero-order valence-corrected chi connectivity index (χ0v) is 14.4. The van der Waals surface area contributed by atoms with Crippen molar-refractivity contribution in [3.8, 4) is 0 Å². The van der Waals surface area contributed by atoms with E-state index in [-0.39, 0.29) is 17.0 Å². The summed E-state index contributed by atoms with van der Waals surface area (Å²) in [4.78, 5) is 11.5. The Morgan fingerprint density at radius 1 is 1.37 bits per heavy atom. The van der Waals surface area contributed by atoms with E-state index in [1.54, 1.807) is 0 Å². The van der Waals surface area contributed by atoms with Crippen LogP contribution >= 0.6 is 0 Å². The van der Waals surface area contributed by atoms with Gasteiger partial charge in [0.15, 0.2) is 0 Å². The van der Waals surface area contributed by atoms with Crippen molar-refractivity contribution in [1.82, 2.24) is 5.06 Å². The predicted molar refractivity (Wildman–Crippen MR) is 79.2 cm³/mol. The Bertz CT molecular complexity index is 325. The fraction of sp³-hybridized carbons (Fsp3) is 0.929. The quantitative estimate of drug-likeness (QED) is 0.588. The number of hydroxylamine groups is 2. The topological polar surface area (TPSA) is 38.8 Å². The maximum absolute atomic E-state index is 11.5. The summed E-state index contributed by atoms with van der Waals surface area (Å²) in [5.74, 6) is 0.325. The summed E-state index contributed by atoms with van der Waals surface area (Å²) >= 11 is 0. The minimum Gasteiger partial charge on any atom is -0.469 e. The molecule has 1 rings (SSSR count). The van der Waals surface area contributed by atoms with Crippen LogP contribution in [-0.4, -0.2) is 39.0 Å². The molecule has 0 unspecified atom stereocenters. The third kappa shape index (κ3) is 4.03. The predicted octanol–water partition coefficient (Wildman–Crippen LogP) is 3.20. The van der Waals surface area contributed by atoms with Crippen LogP contribution < -0.4 is 0 Å². The molecule has 0 bridgehead atoms. The lowest BCUT2D eigenvalue weighted by Crippen LogP contribution is -2.49. The standard InChI is InChI=1S/C14H29NO3Si/c1-11-8-9-15(12(11)10-13(16)17-5)18-19(6,7)14(2,3)4/h11-12H,8-10H2,1-7H3/t11-,12+/m0/s1. The summed E-state index contributed by atoms with van der Waals surface area (Å²) < 4.78 is 11.2. The molecule has 1 aliphatic rings. The van der Waals surface area contributed by atoms with Crippen molar-refractivity contribution < 1.29 is 14.1 Å². The van der Waals surface area contributed by atoms with E-state index < -0.39 is 8.32 Å². The van der Waals surface area contributed by atoms with Gasteiger partial charge in [-0.25, -0.2) is 0 Å². The van der Waals surface area contributed by atoms with Gasteiger partial charge in [0.1, 0.15) is 0 Å². The fourth-order valence-corrected chi connectivity index (χ4v) is 3.16. The second kappa shape index (κ2) is 5.93. The van der Waals surface area contributed by atoms with E-state index in [2.05, 4.69) is 45.9 Å². The zero-order chi connectivity index (χ0) is 14.8. The van der Waals surface area contributed by atoms with Gasteiger partial charge in [0.2, 0.25) is 8.32 Å². The highest BCUT2D eigenvalue weighted by molar-refractivity contribution is 6.74.